The normalized spacial score (nSPS) is 24.0. The molecule has 0 bridgehead atoms. The second-order valence-corrected chi connectivity index (χ2v) is 5.19. The lowest BCUT2D eigenvalue weighted by atomic mass is 10.1. The van der Waals surface area contributed by atoms with Crippen molar-refractivity contribution in [2.45, 2.75) is 45.2 Å². The SMILES string of the molecule is CC1CC(C)N(C(=O)N[C@H](CCC(N)=O)C(=O)O)C1. The van der Waals surface area contributed by atoms with Gasteiger partial charge in [0.05, 0.1) is 0 Å². The number of carbonyl (C=O) groups excluding carboxylic acids is 2. The molecule has 1 fully saturated rings. The summed E-state index contributed by atoms with van der Waals surface area (Å²) in [6.07, 6.45) is 0.851. The molecule has 3 atom stereocenters. The molecule has 1 aliphatic heterocycles. The third kappa shape index (κ3) is 4.42. The van der Waals surface area contributed by atoms with E-state index in [9.17, 15) is 14.4 Å². The molecule has 1 saturated heterocycles. The maximum absolute atomic E-state index is 12.0. The van der Waals surface area contributed by atoms with Crippen molar-refractivity contribution in [2.24, 2.45) is 11.7 Å². The molecule has 1 aliphatic rings. The van der Waals surface area contributed by atoms with Crippen LogP contribution in [0.3, 0.4) is 0 Å². The molecule has 0 spiro atoms. The third-order valence-corrected chi connectivity index (χ3v) is 3.32. The number of hydrogen-bond donors (Lipinski definition) is 3. The fraction of sp³-hybridized carbons (Fsp3) is 0.750. The Hall–Kier alpha value is -1.79. The topological polar surface area (TPSA) is 113 Å². The van der Waals surface area contributed by atoms with Crippen molar-refractivity contribution in [1.29, 1.82) is 0 Å². The number of carboxylic acids is 1. The van der Waals surface area contributed by atoms with Gasteiger partial charge < -0.3 is 21.1 Å². The summed E-state index contributed by atoms with van der Waals surface area (Å²) >= 11 is 0. The second kappa shape index (κ2) is 6.40. The van der Waals surface area contributed by atoms with E-state index in [4.69, 9.17) is 10.8 Å². The van der Waals surface area contributed by atoms with Gasteiger partial charge in [-0.15, -0.1) is 0 Å². The zero-order valence-electron chi connectivity index (χ0n) is 11.3. The van der Waals surface area contributed by atoms with Crippen molar-refractivity contribution >= 4 is 17.9 Å². The first-order valence-corrected chi connectivity index (χ1v) is 6.39. The highest BCUT2D eigenvalue weighted by Gasteiger charge is 2.32. The Kier molecular flexibility index (Phi) is 5.14. The molecule has 4 N–H and O–H groups in total. The van der Waals surface area contributed by atoms with Gasteiger partial charge >= 0.3 is 12.0 Å². The number of nitrogens with one attached hydrogen (secondary N) is 1. The van der Waals surface area contributed by atoms with E-state index in [0.29, 0.717) is 12.5 Å². The van der Waals surface area contributed by atoms with Gasteiger partial charge in [0.2, 0.25) is 5.91 Å². The van der Waals surface area contributed by atoms with Gasteiger partial charge in [-0.3, -0.25) is 4.79 Å². The van der Waals surface area contributed by atoms with Gasteiger partial charge in [0, 0.05) is 19.0 Å². The average Bonchev–Trinajstić information content (AvgIpc) is 2.62. The lowest BCUT2D eigenvalue weighted by Gasteiger charge is -2.24. The summed E-state index contributed by atoms with van der Waals surface area (Å²) in [5.74, 6) is -1.33. The lowest BCUT2D eigenvalue weighted by Crippen LogP contribution is -2.49. The number of likely N-dealkylation sites (tertiary alicyclic amines) is 1. The van der Waals surface area contributed by atoms with E-state index in [2.05, 4.69) is 5.32 Å². The van der Waals surface area contributed by atoms with Crippen LogP contribution in [-0.2, 0) is 9.59 Å². The number of nitrogens with two attached hydrogens (primary N) is 1. The molecular weight excluding hydrogens is 250 g/mol. The van der Waals surface area contributed by atoms with Gasteiger partial charge in [0.15, 0.2) is 0 Å². The molecule has 1 heterocycles. The Balaban J connectivity index is 2.56. The van der Waals surface area contributed by atoms with E-state index in [0.717, 1.165) is 6.42 Å². The highest BCUT2D eigenvalue weighted by atomic mass is 16.4. The number of urea groups is 1. The van der Waals surface area contributed by atoms with Crippen molar-refractivity contribution in [3.05, 3.63) is 0 Å². The number of carboxylic acid groups (broad SMARTS) is 1. The number of carbonyl (C=O) groups is 3. The van der Waals surface area contributed by atoms with Crippen LogP contribution in [0.4, 0.5) is 4.79 Å². The fourth-order valence-corrected chi connectivity index (χ4v) is 2.36. The molecule has 0 radical (unpaired) electrons. The summed E-state index contributed by atoms with van der Waals surface area (Å²) in [7, 11) is 0. The number of primary amides is 1. The largest absolute Gasteiger partial charge is 0.480 e. The zero-order valence-corrected chi connectivity index (χ0v) is 11.3. The van der Waals surface area contributed by atoms with Crippen molar-refractivity contribution in [3.63, 3.8) is 0 Å². The maximum atomic E-state index is 12.0. The predicted molar refractivity (Wildman–Crippen MR) is 68.3 cm³/mol. The molecule has 7 heteroatoms. The molecule has 7 nitrogen and oxygen atoms in total. The Morgan fingerprint density at radius 3 is 2.47 bits per heavy atom. The Morgan fingerprint density at radius 2 is 2.05 bits per heavy atom. The molecule has 0 aliphatic carbocycles. The van der Waals surface area contributed by atoms with Crippen molar-refractivity contribution in [3.8, 4) is 0 Å². The van der Waals surface area contributed by atoms with Crippen LogP contribution < -0.4 is 11.1 Å². The Labute approximate surface area is 112 Å². The third-order valence-electron chi connectivity index (χ3n) is 3.32. The van der Waals surface area contributed by atoms with E-state index < -0.39 is 23.9 Å². The summed E-state index contributed by atoms with van der Waals surface area (Å²) in [5, 5.41) is 11.5. The number of amides is 3. The minimum atomic E-state index is -1.16. The van der Waals surface area contributed by atoms with Crippen LogP contribution in [0.25, 0.3) is 0 Å². The van der Waals surface area contributed by atoms with Crippen LogP contribution in [0.2, 0.25) is 0 Å². The van der Waals surface area contributed by atoms with Crippen LogP contribution in [0.15, 0.2) is 0 Å². The number of nitrogens with zero attached hydrogens (tertiary/aromatic N) is 1. The molecule has 0 saturated carbocycles. The average molecular weight is 271 g/mol. The van der Waals surface area contributed by atoms with E-state index in [1.54, 1.807) is 4.90 Å². The van der Waals surface area contributed by atoms with Crippen LogP contribution >= 0.6 is 0 Å². The molecule has 19 heavy (non-hydrogen) atoms. The first-order chi connectivity index (χ1) is 8.81. The van der Waals surface area contributed by atoms with E-state index in [1.165, 1.54) is 0 Å². The van der Waals surface area contributed by atoms with Crippen LogP contribution in [0.1, 0.15) is 33.1 Å². The minimum Gasteiger partial charge on any atom is -0.480 e. The van der Waals surface area contributed by atoms with E-state index >= 15 is 0 Å². The summed E-state index contributed by atoms with van der Waals surface area (Å²) in [5.41, 5.74) is 4.98. The molecule has 0 aromatic heterocycles. The lowest BCUT2D eigenvalue weighted by molar-refractivity contribution is -0.139. The van der Waals surface area contributed by atoms with Gasteiger partial charge in [0.25, 0.3) is 0 Å². The quantitative estimate of drug-likeness (QED) is 0.660. The van der Waals surface area contributed by atoms with Crippen LogP contribution in [-0.4, -0.2) is 46.5 Å². The highest BCUT2D eigenvalue weighted by Crippen LogP contribution is 2.22. The fourth-order valence-electron chi connectivity index (χ4n) is 2.36. The van der Waals surface area contributed by atoms with Crippen LogP contribution in [0, 0.1) is 5.92 Å². The molecule has 0 aromatic carbocycles. The first-order valence-electron chi connectivity index (χ1n) is 6.39. The molecule has 0 aromatic rings. The summed E-state index contributed by atoms with van der Waals surface area (Å²) in [4.78, 5) is 35.3. The smallest absolute Gasteiger partial charge is 0.326 e. The molecule has 3 amide bonds. The Morgan fingerprint density at radius 1 is 1.42 bits per heavy atom. The van der Waals surface area contributed by atoms with Gasteiger partial charge in [-0.25, -0.2) is 9.59 Å². The number of hydrogen-bond acceptors (Lipinski definition) is 3. The first kappa shape index (κ1) is 15.3. The molecule has 2 unspecified atom stereocenters. The molecule has 1 rings (SSSR count). The number of aliphatic carboxylic acids is 1. The van der Waals surface area contributed by atoms with Crippen molar-refractivity contribution in [1.82, 2.24) is 10.2 Å². The second-order valence-electron chi connectivity index (χ2n) is 5.19. The van der Waals surface area contributed by atoms with Gasteiger partial charge in [-0.05, 0) is 25.7 Å². The van der Waals surface area contributed by atoms with Gasteiger partial charge in [-0.1, -0.05) is 6.92 Å². The summed E-state index contributed by atoms with van der Waals surface area (Å²) < 4.78 is 0. The maximum Gasteiger partial charge on any atom is 0.326 e. The Bertz CT molecular complexity index is 372. The van der Waals surface area contributed by atoms with E-state index in [-0.39, 0.29) is 18.9 Å². The van der Waals surface area contributed by atoms with Crippen LogP contribution in [0.5, 0.6) is 0 Å². The zero-order chi connectivity index (χ0) is 14.6. The molecule has 108 valence electrons. The van der Waals surface area contributed by atoms with Gasteiger partial charge in [-0.2, -0.15) is 0 Å². The summed E-state index contributed by atoms with van der Waals surface area (Å²) in [6, 6.07) is -1.38. The number of rotatable bonds is 5. The minimum absolute atomic E-state index is 0.00812. The molecular formula is C12H21N3O4. The highest BCUT2D eigenvalue weighted by molar-refractivity contribution is 5.83. The van der Waals surface area contributed by atoms with E-state index in [1.807, 2.05) is 13.8 Å². The monoisotopic (exact) mass is 271 g/mol. The van der Waals surface area contributed by atoms with Crippen molar-refractivity contribution < 1.29 is 19.5 Å². The summed E-state index contributed by atoms with van der Waals surface area (Å²) in [6.45, 7) is 4.60. The van der Waals surface area contributed by atoms with Gasteiger partial charge in [0.1, 0.15) is 6.04 Å². The predicted octanol–water partition coefficient (Wildman–Crippen LogP) is 0.145. The van der Waals surface area contributed by atoms with Crippen molar-refractivity contribution in [2.75, 3.05) is 6.54 Å². The standard InChI is InChI=1S/C12H21N3O4/c1-7-5-8(2)15(6-7)12(19)14-9(11(17)18)3-4-10(13)16/h7-9H,3-6H2,1-2H3,(H2,13,16)(H,14,19)(H,17,18)/t7?,8?,9-/m1/s1.